The van der Waals surface area contributed by atoms with E-state index in [1.54, 1.807) is 6.07 Å². The summed E-state index contributed by atoms with van der Waals surface area (Å²) in [5, 5.41) is 8.02. The van der Waals surface area contributed by atoms with E-state index in [1.165, 1.54) is 122 Å². The quantitative estimate of drug-likeness (QED) is 0.175. The Hall–Kier alpha value is -1.84. The smallest absolute Gasteiger partial charge is 0.272 e. The van der Waals surface area contributed by atoms with Gasteiger partial charge >= 0.3 is 0 Å². The second kappa shape index (κ2) is 19.5. The third-order valence-electron chi connectivity index (χ3n) is 6.90. The molecule has 2 aromatic rings. The molecule has 192 valence electrons. The van der Waals surface area contributed by atoms with Crippen molar-refractivity contribution in [2.75, 3.05) is 6.61 Å². The van der Waals surface area contributed by atoms with Crippen LogP contribution in [-0.2, 0) is 0 Å². The van der Waals surface area contributed by atoms with Crippen molar-refractivity contribution in [2.45, 2.75) is 135 Å². The van der Waals surface area contributed by atoms with Crippen LogP contribution in [0, 0.1) is 0 Å². The summed E-state index contributed by atoms with van der Waals surface area (Å²) >= 11 is 0. The zero-order chi connectivity index (χ0) is 24.1. The molecule has 2 rings (SSSR count). The maximum Gasteiger partial charge on any atom is 0.272 e. The van der Waals surface area contributed by atoms with E-state index in [2.05, 4.69) is 17.1 Å². The molecule has 1 N–H and O–H groups in total. The molecule has 0 atom stereocenters. The van der Waals surface area contributed by atoms with Crippen LogP contribution in [-0.4, -0.2) is 16.8 Å². The number of fused-ring (bicyclic) bond motifs is 1. The summed E-state index contributed by atoms with van der Waals surface area (Å²) in [6, 6.07) is 7.47. The van der Waals surface area contributed by atoms with Gasteiger partial charge in [0.25, 0.3) is 5.56 Å². The maximum absolute atomic E-state index is 11.8. The Morgan fingerprint density at radius 2 is 1.03 bits per heavy atom. The Kier molecular flexibility index (Phi) is 16.3. The van der Waals surface area contributed by atoms with Gasteiger partial charge in [0.1, 0.15) is 0 Å². The van der Waals surface area contributed by atoms with Crippen LogP contribution in [0.2, 0.25) is 0 Å². The Labute approximate surface area is 208 Å². The summed E-state index contributed by atoms with van der Waals surface area (Å²) in [7, 11) is 0. The van der Waals surface area contributed by atoms with Gasteiger partial charge in [-0.15, -0.1) is 5.10 Å². The highest BCUT2D eigenvalue weighted by Crippen LogP contribution is 2.19. The van der Waals surface area contributed by atoms with Gasteiger partial charge in [0.2, 0.25) is 5.88 Å². The first-order valence-corrected chi connectivity index (χ1v) is 14.4. The van der Waals surface area contributed by atoms with Crippen molar-refractivity contribution in [3.05, 3.63) is 34.6 Å². The number of hydrogen-bond donors (Lipinski definition) is 1. The predicted molar refractivity (Wildman–Crippen MR) is 146 cm³/mol. The van der Waals surface area contributed by atoms with Crippen molar-refractivity contribution < 1.29 is 4.74 Å². The molecule has 0 bridgehead atoms. The molecule has 34 heavy (non-hydrogen) atoms. The molecule has 0 aliphatic carbocycles. The summed E-state index contributed by atoms with van der Waals surface area (Å²) in [4.78, 5) is 11.8. The highest BCUT2D eigenvalue weighted by atomic mass is 16.5. The van der Waals surface area contributed by atoms with Gasteiger partial charge in [0.05, 0.1) is 17.4 Å². The first-order valence-electron chi connectivity index (χ1n) is 14.4. The Bertz CT molecular complexity index is 802. The van der Waals surface area contributed by atoms with Gasteiger partial charge in [-0.25, -0.2) is 5.10 Å². The largest absolute Gasteiger partial charge is 0.476 e. The van der Waals surface area contributed by atoms with Crippen LogP contribution in [0.5, 0.6) is 5.88 Å². The second-order valence-corrected chi connectivity index (χ2v) is 9.97. The summed E-state index contributed by atoms with van der Waals surface area (Å²) in [6.45, 7) is 2.95. The number of ether oxygens (including phenoxy) is 1. The number of hydrogen-bond acceptors (Lipinski definition) is 3. The average Bonchev–Trinajstić information content (AvgIpc) is 2.86. The van der Waals surface area contributed by atoms with Crippen LogP contribution in [0.3, 0.4) is 0 Å². The number of nitrogens with one attached hydrogen (secondary N) is 1. The number of benzene rings is 1. The Morgan fingerprint density at radius 3 is 1.50 bits per heavy atom. The number of rotatable bonds is 22. The molecule has 0 saturated carbocycles. The van der Waals surface area contributed by atoms with Crippen LogP contribution in [0.4, 0.5) is 0 Å². The Balaban J connectivity index is 1.31. The highest BCUT2D eigenvalue weighted by molar-refractivity contribution is 5.85. The fourth-order valence-electron chi connectivity index (χ4n) is 4.73. The zero-order valence-electron chi connectivity index (χ0n) is 21.9. The van der Waals surface area contributed by atoms with E-state index >= 15 is 0 Å². The van der Waals surface area contributed by atoms with Crippen molar-refractivity contribution in [3.8, 4) is 5.88 Å². The first kappa shape index (κ1) is 28.4. The lowest BCUT2D eigenvalue weighted by molar-refractivity contribution is 0.293. The minimum Gasteiger partial charge on any atom is -0.476 e. The zero-order valence-corrected chi connectivity index (χ0v) is 21.9. The molecule has 0 amide bonds. The number of H-pyrrole nitrogens is 1. The molecule has 0 saturated heterocycles. The van der Waals surface area contributed by atoms with Crippen molar-refractivity contribution in [1.82, 2.24) is 10.2 Å². The molecule has 0 aliphatic rings. The van der Waals surface area contributed by atoms with Gasteiger partial charge in [-0.3, -0.25) is 4.79 Å². The summed E-state index contributed by atoms with van der Waals surface area (Å²) < 4.78 is 5.83. The van der Waals surface area contributed by atoms with Gasteiger partial charge in [-0.1, -0.05) is 141 Å². The Morgan fingerprint density at radius 1 is 0.618 bits per heavy atom. The summed E-state index contributed by atoms with van der Waals surface area (Å²) in [5.74, 6) is 0.535. The molecule has 0 unspecified atom stereocenters. The number of nitrogens with zero attached hydrogens (tertiary/aromatic N) is 1. The normalized spacial score (nSPS) is 11.3. The molecule has 1 aromatic heterocycles. The molecule has 0 fully saturated rings. The van der Waals surface area contributed by atoms with E-state index in [-0.39, 0.29) is 5.56 Å². The minimum atomic E-state index is -0.165. The van der Waals surface area contributed by atoms with Crippen LogP contribution >= 0.6 is 0 Å². The minimum absolute atomic E-state index is 0.165. The van der Waals surface area contributed by atoms with E-state index < -0.39 is 0 Å². The molecule has 0 radical (unpaired) electrons. The lowest BCUT2D eigenvalue weighted by Crippen LogP contribution is -2.10. The van der Waals surface area contributed by atoms with Crippen LogP contribution in [0.15, 0.2) is 29.1 Å². The lowest BCUT2D eigenvalue weighted by atomic mass is 10.0. The van der Waals surface area contributed by atoms with Gasteiger partial charge < -0.3 is 4.74 Å². The summed E-state index contributed by atoms with van der Waals surface area (Å²) in [6.07, 6.45) is 27.7. The van der Waals surface area contributed by atoms with Gasteiger partial charge in [0.15, 0.2) is 0 Å². The van der Waals surface area contributed by atoms with Crippen molar-refractivity contribution >= 4 is 10.8 Å². The molecular weight excluding hydrogens is 420 g/mol. The predicted octanol–water partition coefficient (Wildman–Crippen LogP) is 9.12. The third-order valence-corrected chi connectivity index (χ3v) is 6.90. The fourth-order valence-corrected chi connectivity index (χ4v) is 4.73. The number of unbranched alkanes of at least 4 members (excludes halogenated alkanes) is 19. The highest BCUT2D eigenvalue weighted by Gasteiger charge is 2.06. The van der Waals surface area contributed by atoms with E-state index in [4.69, 9.17) is 4.74 Å². The summed E-state index contributed by atoms with van der Waals surface area (Å²) in [5.41, 5.74) is -0.165. The first-order chi connectivity index (χ1) is 16.8. The fraction of sp³-hybridized carbons (Fsp3) is 0.733. The number of aromatic nitrogens is 2. The van der Waals surface area contributed by atoms with Crippen molar-refractivity contribution in [3.63, 3.8) is 0 Å². The van der Waals surface area contributed by atoms with Crippen LogP contribution in [0.25, 0.3) is 10.8 Å². The molecule has 4 heteroatoms. The third kappa shape index (κ3) is 12.6. The van der Waals surface area contributed by atoms with Crippen molar-refractivity contribution in [1.29, 1.82) is 0 Å². The molecule has 1 aromatic carbocycles. The average molecular weight is 471 g/mol. The van der Waals surface area contributed by atoms with Gasteiger partial charge in [0, 0.05) is 0 Å². The van der Waals surface area contributed by atoms with Crippen LogP contribution in [0.1, 0.15) is 135 Å². The maximum atomic E-state index is 11.8. The standard InChI is InChI=1S/C30H50N2O2/c1-2-3-4-5-6-7-8-9-10-11-12-13-14-15-16-17-18-19-20-23-26-34-30-28-25-22-21-24-27(28)29(33)31-32-30/h21-22,24-25H,2-20,23,26H2,1H3,(H,31,33). The van der Waals surface area contributed by atoms with E-state index in [1.807, 2.05) is 18.2 Å². The molecule has 0 spiro atoms. The van der Waals surface area contributed by atoms with E-state index in [9.17, 15) is 4.79 Å². The monoisotopic (exact) mass is 470 g/mol. The lowest BCUT2D eigenvalue weighted by Gasteiger charge is -2.07. The molecular formula is C30H50N2O2. The van der Waals surface area contributed by atoms with Crippen LogP contribution < -0.4 is 10.3 Å². The van der Waals surface area contributed by atoms with Crippen molar-refractivity contribution in [2.24, 2.45) is 0 Å². The molecule has 4 nitrogen and oxygen atoms in total. The van der Waals surface area contributed by atoms with E-state index in [0.717, 1.165) is 11.8 Å². The van der Waals surface area contributed by atoms with E-state index in [0.29, 0.717) is 17.9 Å². The van der Waals surface area contributed by atoms with Gasteiger partial charge in [-0.2, -0.15) is 0 Å². The number of aromatic amines is 1. The molecule has 0 aliphatic heterocycles. The molecule has 1 heterocycles. The van der Waals surface area contributed by atoms with Gasteiger partial charge in [-0.05, 0) is 18.6 Å². The SMILES string of the molecule is CCCCCCCCCCCCCCCCCCCCCCOc1n[nH]c(=O)c2ccccc12. The topological polar surface area (TPSA) is 55.0 Å². The second-order valence-electron chi connectivity index (χ2n) is 9.97.